The van der Waals surface area contributed by atoms with Crippen LogP contribution >= 0.6 is 0 Å². The Balaban J connectivity index is 2.49. The second kappa shape index (κ2) is 3.78. The molecule has 1 heterocycles. The van der Waals surface area contributed by atoms with E-state index in [0.29, 0.717) is 5.76 Å². The van der Waals surface area contributed by atoms with E-state index in [1.807, 2.05) is 0 Å². The highest BCUT2D eigenvalue weighted by Crippen LogP contribution is 2.23. The van der Waals surface area contributed by atoms with Crippen LogP contribution in [-0.2, 0) is 6.54 Å². The van der Waals surface area contributed by atoms with Gasteiger partial charge in [-0.15, -0.1) is 0 Å². The maximum atomic E-state index is 13.3. The van der Waals surface area contributed by atoms with Gasteiger partial charge in [0.25, 0.3) is 0 Å². The molecule has 0 aliphatic heterocycles. The molecular formula is C10H8F2N2O. The van der Waals surface area contributed by atoms with Crippen molar-refractivity contribution >= 4 is 0 Å². The molecule has 0 aliphatic rings. The Hall–Kier alpha value is -1.75. The van der Waals surface area contributed by atoms with E-state index < -0.39 is 11.6 Å². The summed E-state index contributed by atoms with van der Waals surface area (Å²) < 4.78 is 31.0. The third-order valence-electron chi connectivity index (χ3n) is 1.99. The first kappa shape index (κ1) is 9.79. The molecule has 0 spiro atoms. The van der Waals surface area contributed by atoms with Gasteiger partial charge < -0.3 is 10.3 Å². The largest absolute Gasteiger partial charge is 0.359 e. The van der Waals surface area contributed by atoms with E-state index in [1.54, 1.807) is 0 Å². The van der Waals surface area contributed by atoms with Crippen LogP contribution in [-0.4, -0.2) is 5.16 Å². The van der Waals surface area contributed by atoms with Crippen LogP contribution in [0.5, 0.6) is 0 Å². The molecule has 5 heteroatoms. The van der Waals surface area contributed by atoms with E-state index in [1.165, 1.54) is 18.2 Å². The lowest BCUT2D eigenvalue weighted by Crippen LogP contribution is -1.92. The zero-order valence-corrected chi connectivity index (χ0v) is 7.71. The molecule has 1 aromatic carbocycles. The van der Waals surface area contributed by atoms with Crippen LogP contribution in [0, 0.1) is 11.6 Å². The molecule has 2 aromatic rings. The van der Waals surface area contributed by atoms with E-state index in [4.69, 9.17) is 10.3 Å². The zero-order valence-electron chi connectivity index (χ0n) is 7.71. The molecule has 0 saturated heterocycles. The van der Waals surface area contributed by atoms with Gasteiger partial charge in [-0.2, -0.15) is 0 Å². The number of aromatic nitrogens is 1. The standard InChI is InChI=1S/C10H8F2N2O/c11-8-3-1-2-7(10(8)12)9-4-6(5-13)15-14-9/h1-4H,5,13H2. The predicted molar refractivity (Wildman–Crippen MR) is 49.7 cm³/mol. The first-order valence-electron chi connectivity index (χ1n) is 4.32. The van der Waals surface area contributed by atoms with Crippen LogP contribution in [0.4, 0.5) is 8.78 Å². The minimum Gasteiger partial charge on any atom is -0.359 e. The van der Waals surface area contributed by atoms with Crippen LogP contribution < -0.4 is 5.73 Å². The molecule has 0 amide bonds. The van der Waals surface area contributed by atoms with Crippen molar-refractivity contribution in [1.82, 2.24) is 5.16 Å². The summed E-state index contributed by atoms with van der Waals surface area (Å²) in [5.74, 6) is -1.42. The number of nitrogens with zero attached hydrogens (tertiary/aromatic N) is 1. The Bertz CT molecular complexity index is 482. The van der Waals surface area contributed by atoms with Gasteiger partial charge in [0.15, 0.2) is 17.4 Å². The number of rotatable bonds is 2. The van der Waals surface area contributed by atoms with Crippen molar-refractivity contribution in [2.45, 2.75) is 6.54 Å². The first-order valence-corrected chi connectivity index (χ1v) is 4.32. The molecular weight excluding hydrogens is 202 g/mol. The highest BCUT2D eigenvalue weighted by Gasteiger charge is 2.13. The summed E-state index contributed by atoms with van der Waals surface area (Å²) in [6.07, 6.45) is 0. The fourth-order valence-electron chi connectivity index (χ4n) is 1.24. The van der Waals surface area contributed by atoms with Crippen molar-refractivity contribution in [1.29, 1.82) is 0 Å². The molecule has 0 saturated carbocycles. The van der Waals surface area contributed by atoms with Gasteiger partial charge in [0, 0.05) is 11.6 Å². The normalized spacial score (nSPS) is 10.6. The van der Waals surface area contributed by atoms with E-state index in [0.717, 1.165) is 6.07 Å². The van der Waals surface area contributed by atoms with Crippen LogP contribution in [0.25, 0.3) is 11.3 Å². The fraction of sp³-hybridized carbons (Fsp3) is 0.100. The summed E-state index contributed by atoms with van der Waals surface area (Å²) in [5, 5.41) is 3.60. The van der Waals surface area contributed by atoms with Gasteiger partial charge in [-0.3, -0.25) is 0 Å². The number of halogens is 2. The summed E-state index contributed by atoms with van der Waals surface area (Å²) in [6.45, 7) is 0.171. The van der Waals surface area contributed by atoms with Gasteiger partial charge in [-0.1, -0.05) is 11.2 Å². The van der Waals surface area contributed by atoms with Crippen molar-refractivity contribution in [3.05, 3.63) is 41.7 Å². The molecule has 3 nitrogen and oxygen atoms in total. The van der Waals surface area contributed by atoms with E-state index in [2.05, 4.69) is 5.16 Å². The van der Waals surface area contributed by atoms with Crippen molar-refractivity contribution in [3.63, 3.8) is 0 Å². The Morgan fingerprint density at radius 1 is 1.33 bits per heavy atom. The maximum Gasteiger partial charge on any atom is 0.168 e. The van der Waals surface area contributed by atoms with Crippen LogP contribution in [0.3, 0.4) is 0 Å². The molecule has 1 aromatic heterocycles. The number of hydrogen-bond acceptors (Lipinski definition) is 3. The maximum absolute atomic E-state index is 13.3. The summed E-state index contributed by atoms with van der Waals surface area (Å²) in [6, 6.07) is 5.36. The monoisotopic (exact) mass is 210 g/mol. The number of hydrogen-bond donors (Lipinski definition) is 1. The molecule has 15 heavy (non-hydrogen) atoms. The van der Waals surface area contributed by atoms with Crippen LogP contribution in [0.2, 0.25) is 0 Å². The van der Waals surface area contributed by atoms with Gasteiger partial charge >= 0.3 is 0 Å². The molecule has 0 aliphatic carbocycles. The van der Waals surface area contributed by atoms with E-state index in [-0.39, 0.29) is 17.8 Å². The van der Waals surface area contributed by atoms with Crippen molar-refractivity contribution < 1.29 is 13.3 Å². The van der Waals surface area contributed by atoms with Crippen molar-refractivity contribution in [3.8, 4) is 11.3 Å². The highest BCUT2D eigenvalue weighted by atomic mass is 19.2. The van der Waals surface area contributed by atoms with Gasteiger partial charge in [0.2, 0.25) is 0 Å². The predicted octanol–water partition coefficient (Wildman–Crippen LogP) is 2.08. The Morgan fingerprint density at radius 2 is 2.13 bits per heavy atom. The third kappa shape index (κ3) is 1.73. The minimum atomic E-state index is -0.936. The Labute approximate surface area is 84.5 Å². The average Bonchev–Trinajstić information content (AvgIpc) is 2.70. The first-order chi connectivity index (χ1) is 7.22. The quantitative estimate of drug-likeness (QED) is 0.825. The fourth-order valence-corrected chi connectivity index (χ4v) is 1.24. The van der Waals surface area contributed by atoms with Gasteiger partial charge in [0.1, 0.15) is 5.69 Å². The summed E-state index contributed by atoms with van der Waals surface area (Å²) in [7, 11) is 0. The SMILES string of the molecule is NCc1cc(-c2cccc(F)c2F)no1. The second-order valence-electron chi connectivity index (χ2n) is 2.98. The average molecular weight is 210 g/mol. The van der Waals surface area contributed by atoms with Crippen molar-refractivity contribution in [2.75, 3.05) is 0 Å². The van der Waals surface area contributed by atoms with E-state index >= 15 is 0 Å². The third-order valence-corrected chi connectivity index (χ3v) is 1.99. The molecule has 78 valence electrons. The van der Waals surface area contributed by atoms with Crippen LogP contribution in [0.15, 0.2) is 28.8 Å². The lowest BCUT2D eigenvalue weighted by atomic mass is 10.1. The van der Waals surface area contributed by atoms with E-state index in [9.17, 15) is 8.78 Å². The molecule has 0 atom stereocenters. The molecule has 0 fully saturated rings. The molecule has 0 unspecified atom stereocenters. The molecule has 2 rings (SSSR count). The van der Waals surface area contributed by atoms with Crippen LogP contribution in [0.1, 0.15) is 5.76 Å². The number of nitrogens with two attached hydrogens (primary N) is 1. The Kier molecular flexibility index (Phi) is 2.47. The summed E-state index contributed by atoms with van der Waals surface area (Å²) in [4.78, 5) is 0. The van der Waals surface area contributed by atoms with Gasteiger partial charge in [-0.25, -0.2) is 8.78 Å². The van der Waals surface area contributed by atoms with Crippen molar-refractivity contribution in [2.24, 2.45) is 5.73 Å². The molecule has 0 bridgehead atoms. The second-order valence-corrected chi connectivity index (χ2v) is 2.98. The van der Waals surface area contributed by atoms with Gasteiger partial charge in [0.05, 0.1) is 6.54 Å². The van der Waals surface area contributed by atoms with Gasteiger partial charge in [-0.05, 0) is 12.1 Å². The topological polar surface area (TPSA) is 52.0 Å². The summed E-state index contributed by atoms with van der Waals surface area (Å²) >= 11 is 0. The zero-order chi connectivity index (χ0) is 10.8. The molecule has 0 radical (unpaired) electrons. The molecule has 2 N–H and O–H groups in total. The summed E-state index contributed by atoms with van der Waals surface area (Å²) in [5.41, 5.74) is 5.62. The lowest BCUT2D eigenvalue weighted by molar-refractivity contribution is 0.386. The highest BCUT2D eigenvalue weighted by molar-refractivity contribution is 5.59. The lowest BCUT2D eigenvalue weighted by Gasteiger charge is -1.97. The number of benzene rings is 1. The smallest absolute Gasteiger partial charge is 0.168 e. The Morgan fingerprint density at radius 3 is 2.80 bits per heavy atom. The minimum absolute atomic E-state index is 0.0680.